The van der Waals surface area contributed by atoms with Crippen molar-refractivity contribution in [2.24, 2.45) is 23.0 Å². The zero-order valence-corrected chi connectivity index (χ0v) is 32.1. The lowest BCUT2D eigenvalue weighted by molar-refractivity contribution is -0.152. The lowest BCUT2D eigenvalue weighted by Crippen LogP contribution is -2.48. The number of aromatic nitrogens is 5. The second kappa shape index (κ2) is 15.8. The second-order valence-electron chi connectivity index (χ2n) is 16.6. The molecular formula is C41H50F2N8O5. The van der Waals surface area contributed by atoms with E-state index in [0.29, 0.717) is 67.9 Å². The van der Waals surface area contributed by atoms with Gasteiger partial charge >= 0.3 is 5.97 Å². The number of halogens is 2. The highest BCUT2D eigenvalue weighted by Crippen LogP contribution is 2.38. The van der Waals surface area contributed by atoms with E-state index in [1.165, 1.54) is 23.4 Å². The molecular weight excluding hydrogens is 722 g/mol. The molecule has 1 atom stereocenters. The zero-order chi connectivity index (χ0) is 39.8. The maximum Gasteiger partial charge on any atom is 0.309 e. The largest absolute Gasteiger partial charge is 0.465 e. The zero-order valence-electron chi connectivity index (χ0n) is 32.1. The number of Topliss-reactive ketones (excluding diaryl/α,β-unsaturated/α-hetero) is 1. The molecule has 56 heavy (non-hydrogen) atoms. The molecule has 4 aromatic rings. The van der Waals surface area contributed by atoms with E-state index in [2.05, 4.69) is 29.2 Å². The first-order valence-electron chi connectivity index (χ1n) is 19.4. The van der Waals surface area contributed by atoms with Crippen LogP contribution in [0.1, 0.15) is 96.5 Å². The molecule has 0 bridgehead atoms. The molecule has 0 spiro atoms. The van der Waals surface area contributed by atoms with Crippen LogP contribution in [0.2, 0.25) is 0 Å². The van der Waals surface area contributed by atoms with Gasteiger partial charge in [0, 0.05) is 36.3 Å². The third kappa shape index (κ3) is 8.53. The Bertz CT molecular complexity index is 2090. The number of rotatable bonds is 12. The van der Waals surface area contributed by atoms with Crippen molar-refractivity contribution in [3.63, 3.8) is 0 Å². The summed E-state index contributed by atoms with van der Waals surface area (Å²) in [6, 6.07) is 8.62. The fourth-order valence-corrected chi connectivity index (χ4v) is 8.73. The first kappa shape index (κ1) is 39.2. The van der Waals surface area contributed by atoms with Crippen LogP contribution in [0.25, 0.3) is 5.69 Å². The highest BCUT2D eigenvalue weighted by molar-refractivity contribution is 6.00. The number of β-amino-alcohol motifs (C(OH)–C–C–N with tert-alkyl or cyclic N) is 1. The van der Waals surface area contributed by atoms with E-state index < -0.39 is 23.1 Å². The Morgan fingerprint density at radius 1 is 1.04 bits per heavy atom. The van der Waals surface area contributed by atoms with Crippen molar-refractivity contribution in [2.75, 3.05) is 31.6 Å². The molecule has 13 nitrogen and oxygen atoms in total. The van der Waals surface area contributed by atoms with Crippen LogP contribution in [0.5, 0.6) is 0 Å². The van der Waals surface area contributed by atoms with E-state index in [4.69, 9.17) is 15.6 Å². The van der Waals surface area contributed by atoms with Crippen LogP contribution in [-0.2, 0) is 28.1 Å². The molecule has 3 heterocycles. The molecule has 1 saturated carbocycles. The molecule has 4 N–H and O–H groups in total. The molecule has 0 radical (unpaired) electrons. The van der Waals surface area contributed by atoms with Crippen LogP contribution >= 0.6 is 0 Å². The summed E-state index contributed by atoms with van der Waals surface area (Å²) in [6.07, 6.45) is 8.28. The number of ketones is 1. The smallest absolute Gasteiger partial charge is 0.309 e. The first-order valence-corrected chi connectivity index (χ1v) is 19.4. The number of nitrogens with zero attached hydrogens (tertiary/aromatic N) is 6. The van der Waals surface area contributed by atoms with Crippen molar-refractivity contribution in [1.82, 2.24) is 29.4 Å². The van der Waals surface area contributed by atoms with Crippen molar-refractivity contribution in [3.05, 3.63) is 88.8 Å². The second-order valence-corrected chi connectivity index (χ2v) is 16.6. The number of aliphatic hydroxyl groups is 1. The van der Waals surface area contributed by atoms with Crippen molar-refractivity contribution >= 4 is 23.3 Å². The van der Waals surface area contributed by atoms with Crippen LogP contribution in [0.3, 0.4) is 0 Å². The Labute approximate surface area is 324 Å². The van der Waals surface area contributed by atoms with Gasteiger partial charge in [-0.2, -0.15) is 10.2 Å². The SMILES string of the molecule is Cc1nn(-c2ccc(C(N)=O)c(NC3CCC(COC(=O)C4CCN(C[C@@](O)(Cn5cncn5)c5ccc(F)cc5F)CC4)CC3)c2)c2c1C(=O)CC(C)(C)C2. The highest BCUT2D eigenvalue weighted by atomic mass is 19.1. The number of hydrogen-bond donors (Lipinski definition) is 3. The van der Waals surface area contributed by atoms with Gasteiger partial charge in [0.05, 0.1) is 47.3 Å². The van der Waals surface area contributed by atoms with Crippen molar-refractivity contribution in [1.29, 1.82) is 0 Å². The number of fused-ring (bicyclic) bond motifs is 1. The maximum absolute atomic E-state index is 14.9. The molecule has 0 unspecified atom stereocenters. The average molecular weight is 773 g/mol. The number of esters is 1. The third-order valence-corrected chi connectivity index (χ3v) is 11.6. The lowest BCUT2D eigenvalue weighted by Gasteiger charge is -2.38. The predicted octanol–water partition coefficient (Wildman–Crippen LogP) is 5.12. The number of hydrogen-bond acceptors (Lipinski definition) is 10. The molecule has 2 aromatic heterocycles. The van der Waals surface area contributed by atoms with Gasteiger partial charge in [0.15, 0.2) is 5.78 Å². The fourth-order valence-electron chi connectivity index (χ4n) is 8.73. The first-order chi connectivity index (χ1) is 26.7. The molecule has 2 aromatic carbocycles. The Balaban J connectivity index is 0.911. The molecule has 7 rings (SSSR count). The number of nitrogens with one attached hydrogen (secondary N) is 1. The van der Waals surface area contributed by atoms with E-state index in [9.17, 15) is 28.3 Å². The molecule has 1 amide bonds. The summed E-state index contributed by atoms with van der Waals surface area (Å²) in [5, 5.41) is 24.1. The molecule has 298 valence electrons. The normalized spacial score (nSPS) is 21.3. The van der Waals surface area contributed by atoms with E-state index in [1.807, 2.05) is 28.6 Å². The van der Waals surface area contributed by atoms with Gasteiger partial charge in [-0.05, 0) is 101 Å². The molecule has 1 aliphatic heterocycles. The van der Waals surface area contributed by atoms with E-state index >= 15 is 0 Å². The monoisotopic (exact) mass is 772 g/mol. The minimum atomic E-state index is -1.71. The number of carbonyl (C=O) groups is 3. The quantitative estimate of drug-likeness (QED) is 0.164. The minimum absolute atomic E-state index is 0.0341. The van der Waals surface area contributed by atoms with Crippen molar-refractivity contribution in [3.8, 4) is 5.69 Å². The number of piperidine rings is 1. The number of benzene rings is 2. The van der Waals surface area contributed by atoms with Crippen LogP contribution in [-0.4, -0.2) is 84.5 Å². The maximum atomic E-state index is 14.9. The van der Waals surface area contributed by atoms with E-state index in [-0.39, 0.29) is 53.7 Å². The fraction of sp³-hybridized carbons (Fsp3) is 0.512. The summed E-state index contributed by atoms with van der Waals surface area (Å²) < 4.78 is 37.7. The predicted molar refractivity (Wildman–Crippen MR) is 203 cm³/mol. The van der Waals surface area contributed by atoms with Gasteiger partial charge in [-0.3, -0.25) is 19.3 Å². The number of ether oxygens (including phenoxy) is 1. The summed E-state index contributed by atoms with van der Waals surface area (Å²) in [4.78, 5) is 44.5. The topological polar surface area (TPSA) is 170 Å². The third-order valence-electron chi connectivity index (χ3n) is 11.6. The summed E-state index contributed by atoms with van der Waals surface area (Å²) in [7, 11) is 0. The van der Waals surface area contributed by atoms with Gasteiger partial charge in [-0.1, -0.05) is 19.9 Å². The van der Waals surface area contributed by atoms with Crippen LogP contribution in [0, 0.1) is 35.8 Å². The van der Waals surface area contributed by atoms with Gasteiger partial charge in [-0.25, -0.2) is 23.1 Å². The van der Waals surface area contributed by atoms with E-state index in [1.54, 1.807) is 6.07 Å². The molecule has 1 saturated heterocycles. The van der Waals surface area contributed by atoms with Crippen LogP contribution in [0.15, 0.2) is 49.1 Å². The molecule has 2 fully saturated rings. The Hall–Kier alpha value is -5.02. The van der Waals surface area contributed by atoms with Gasteiger partial charge < -0.3 is 20.9 Å². The number of carbonyl (C=O) groups excluding carboxylic acids is 3. The van der Waals surface area contributed by atoms with Gasteiger partial charge in [0.25, 0.3) is 5.91 Å². The number of aryl methyl sites for hydroxylation is 1. The lowest BCUT2D eigenvalue weighted by atomic mass is 9.75. The van der Waals surface area contributed by atoms with Crippen molar-refractivity contribution in [2.45, 2.75) is 90.3 Å². The van der Waals surface area contributed by atoms with Crippen LogP contribution < -0.4 is 11.1 Å². The number of amides is 1. The molecule has 3 aliphatic rings. The van der Waals surface area contributed by atoms with Crippen molar-refractivity contribution < 1.29 is 33.0 Å². The number of anilines is 1. The van der Waals surface area contributed by atoms with Gasteiger partial charge in [-0.15, -0.1) is 0 Å². The van der Waals surface area contributed by atoms with Crippen LogP contribution in [0.4, 0.5) is 14.5 Å². The number of primary amides is 1. The number of likely N-dealkylation sites (tertiary alicyclic amines) is 1. The average Bonchev–Trinajstić information content (AvgIpc) is 3.77. The highest BCUT2D eigenvalue weighted by Gasteiger charge is 2.38. The van der Waals surface area contributed by atoms with Gasteiger partial charge in [0.2, 0.25) is 0 Å². The Morgan fingerprint density at radius 3 is 2.46 bits per heavy atom. The summed E-state index contributed by atoms with van der Waals surface area (Å²) in [5.74, 6) is -2.34. The Morgan fingerprint density at radius 2 is 1.79 bits per heavy atom. The molecule has 2 aliphatic carbocycles. The summed E-state index contributed by atoms with van der Waals surface area (Å²) in [5.41, 5.74) is 7.88. The summed E-state index contributed by atoms with van der Waals surface area (Å²) in [6.45, 7) is 7.31. The van der Waals surface area contributed by atoms with E-state index in [0.717, 1.165) is 49.2 Å². The Kier molecular flexibility index (Phi) is 11.1. The molecule has 15 heteroatoms. The van der Waals surface area contributed by atoms with Gasteiger partial charge in [0.1, 0.15) is 29.9 Å². The minimum Gasteiger partial charge on any atom is -0.465 e. The number of nitrogens with two attached hydrogens (primary N) is 1. The standard InChI is InChI=1S/C41H50F2N8O5/c1-25-37-35(18-40(2,3)19-36(37)52)51(48-25)30-9-10-31(38(44)53)34(17-30)47-29-7-4-26(5-8-29)20-56-39(54)27-12-14-49(15-13-27)21-41(55,22-50-24-45-23-46-50)32-11-6-28(42)16-33(32)43/h6,9-11,16-17,23-24,26-27,29,47,55H,4-5,7-8,12-15,18-22H2,1-3H3,(H2,44,53)/t26?,29?,41-/m1/s1. The summed E-state index contributed by atoms with van der Waals surface area (Å²) >= 11 is 0.